The number of aliphatic hydroxyl groups excluding tert-OH is 2. The van der Waals surface area contributed by atoms with Gasteiger partial charge in [0.1, 0.15) is 0 Å². The molecule has 126 valence electrons. The molecule has 0 heterocycles. The number of carboxylic acid groups (broad SMARTS) is 2. The maximum atomic E-state index is 10.2. The van der Waals surface area contributed by atoms with E-state index in [1.807, 2.05) is 20.8 Å². The molecule has 1 rings (SSSR count). The molecular formula is C16H26O6. The quantitative estimate of drug-likeness (QED) is 0.677. The van der Waals surface area contributed by atoms with E-state index in [-0.39, 0.29) is 25.0 Å². The summed E-state index contributed by atoms with van der Waals surface area (Å²) in [5.74, 6) is -1.58. The molecule has 0 saturated carbocycles. The van der Waals surface area contributed by atoms with Crippen LogP contribution < -0.4 is 0 Å². The molecule has 22 heavy (non-hydrogen) atoms. The Morgan fingerprint density at radius 2 is 1.41 bits per heavy atom. The van der Waals surface area contributed by atoms with Gasteiger partial charge in [-0.15, -0.1) is 0 Å². The van der Waals surface area contributed by atoms with Crippen molar-refractivity contribution in [1.29, 1.82) is 0 Å². The van der Waals surface area contributed by atoms with Crippen molar-refractivity contribution in [2.45, 2.75) is 33.6 Å². The van der Waals surface area contributed by atoms with Crippen molar-refractivity contribution in [2.24, 2.45) is 5.41 Å². The van der Waals surface area contributed by atoms with E-state index < -0.39 is 11.9 Å². The first-order valence-electron chi connectivity index (χ1n) is 6.86. The normalized spacial score (nSPS) is 9.68. The van der Waals surface area contributed by atoms with E-state index in [2.05, 4.69) is 0 Å². The summed E-state index contributed by atoms with van der Waals surface area (Å²) < 4.78 is 0. The topological polar surface area (TPSA) is 115 Å². The van der Waals surface area contributed by atoms with E-state index in [0.717, 1.165) is 6.42 Å². The van der Waals surface area contributed by atoms with Crippen LogP contribution in [0.2, 0.25) is 0 Å². The number of carboxylic acids is 2. The molecule has 0 aliphatic carbocycles. The smallest absolute Gasteiger partial charge is 0.335 e. The van der Waals surface area contributed by atoms with Gasteiger partial charge in [-0.3, -0.25) is 4.79 Å². The van der Waals surface area contributed by atoms with Gasteiger partial charge in [0, 0.05) is 6.42 Å². The van der Waals surface area contributed by atoms with Gasteiger partial charge in [-0.05, 0) is 24.0 Å². The van der Waals surface area contributed by atoms with Gasteiger partial charge in [-0.2, -0.15) is 0 Å². The Morgan fingerprint density at radius 1 is 0.955 bits per heavy atom. The molecule has 1 aromatic carbocycles. The van der Waals surface area contributed by atoms with Crippen molar-refractivity contribution in [1.82, 2.24) is 0 Å². The van der Waals surface area contributed by atoms with Crippen LogP contribution in [0.5, 0.6) is 0 Å². The highest BCUT2D eigenvalue weighted by atomic mass is 16.4. The second-order valence-corrected chi connectivity index (χ2v) is 5.57. The van der Waals surface area contributed by atoms with Crippen LogP contribution in [0.4, 0.5) is 0 Å². The minimum absolute atomic E-state index is 0.125. The van der Waals surface area contributed by atoms with Gasteiger partial charge in [0.2, 0.25) is 0 Å². The third-order valence-corrected chi connectivity index (χ3v) is 2.21. The maximum Gasteiger partial charge on any atom is 0.335 e. The number of rotatable bonds is 4. The summed E-state index contributed by atoms with van der Waals surface area (Å²) in [6, 6.07) is 8.30. The Morgan fingerprint density at radius 3 is 1.59 bits per heavy atom. The highest BCUT2D eigenvalue weighted by molar-refractivity contribution is 5.87. The van der Waals surface area contributed by atoms with Crippen LogP contribution in [-0.2, 0) is 4.79 Å². The SMILES string of the molecule is CC(C)(C)CCC(=O)O.O=C(O)c1ccccc1.OCCO. The zero-order chi connectivity index (χ0) is 17.6. The van der Waals surface area contributed by atoms with Crippen LogP contribution >= 0.6 is 0 Å². The zero-order valence-electron chi connectivity index (χ0n) is 13.3. The summed E-state index contributed by atoms with van der Waals surface area (Å²) in [7, 11) is 0. The minimum atomic E-state index is -0.879. The summed E-state index contributed by atoms with van der Waals surface area (Å²) in [6.45, 7) is 5.86. The van der Waals surface area contributed by atoms with Gasteiger partial charge < -0.3 is 20.4 Å². The van der Waals surface area contributed by atoms with Gasteiger partial charge >= 0.3 is 11.9 Å². The monoisotopic (exact) mass is 314 g/mol. The van der Waals surface area contributed by atoms with Crippen molar-refractivity contribution in [3.8, 4) is 0 Å². The molecule has 6 nitrogen and oxygen atoms in total. The summed E-state index contributed by atoms with van der Waals surface area (Å²) in [5, 5.41) is 31.9. The lowest BCUT2D eigenvalue weighted by Gasteiger charge is -2.15. The van der Waals surface area contributed by atoms with E-state index in [1.165, 1.54) is 0 Å². The van der Waals surface area contributed by atoms with Crippen molar-refractivity contribution in [3.05, 3.63) is 35.9 Å². The Bertz CT molecular complexity index is 406. The summed E-state index contributed by atoms with van der Waals surface area (Å²) in [6.07, 6.45) is 1.03. The first kappa shape index (κ1) is 22.4. The molecule has 0 aliphatic heterocycles. The van der Waals surface area contributed by atoms with E-state index >= 15 is 0 Å². The first-order valence-corrected chi connectivity index (χ1v) is 6.86. The number of aliphatic hydroxyl groups is 2. The summed E-state index contributed by atoms with van der Waals surface area (Å²) in [5.41, 5.74) is 0.482. The van der Waals surface area contributed by atoms with E-state index in [9.17, 15) is 9.59 Å². The molecule has 0 spiro atoms. The lowest BCUT2D eigenvalue weighted by Crippen LogP contribution is -2.07. The lowest BCUT2D eigenvalue weighted by molar-refractivity contribution is -0.137. The maximum absolute atomic E-state index is 10.2. The van der Waals surface area contributed by atoms with Gasteiger partial charge in [-0.1, -0.05) is 39.0 Å². The largest absolute Gasteiger partial charge is 0.481 e. The number of carbonyl (C=O) groups is 2. The van der Waals surface area contributed by atoms with Crippen molar-refractivity contribution in [3.63, 3.8) is 0 Å². The molecule has 0 saturated heterocycles. The van der Waals surface area contributed by atoms with Crippen molar-refractivity contribution in [2.75, 3.05) is 13.2 Å². The Kier molecular flexibility index (Phi) is 13.0. The van der Waals surface area contributed by atoms with E-state index in [1.54, 1.807) is 30.3 Å². The average Bonchev–Trinajstić information content (AvgIpc) is 2.46. The third kappa shape index (κ3) is 18.1. The fourth-order valence-electron chi connectivity index (χ4n) is 1.06. The van der Waals surface area contributed by atoms with E-state index in [0.29, 0.717) is 5.56 Å². The molecule has 0 fully saturated rings. The van der Waals surface area contributed by atoms with Gasteiger partial charge in [-0.25, -0.2) is 4.79 Å². The number of hydrogen-bond acceptors (Lipinski definition) is 4. The Hall–Kier alpha value is -1.92. The molecule has 1 aromatic rings. The van der Waals surface area contributed by atoms with Crippen molar-refractivity contribution >= 4 is 11.9 Å². The zero-order valence-corrected chi connectivity index (χ0v) is 13.3. The lowest BCUT2D eigenvalue weighted by atomic mass is 9.91. The van der Waals surface area contributed by atoms with E-state index in [4.69, 9.17) is 20.4 Å². The number of aliphatic carboxylic acids is 1. The van der Waals surface area contributed by atoms with Crippen LogP contribution in [0.25, 0.3) is 0 Å². The molecule has 0 unspecified atom stereocenters. The van der Waals surface area contributed by atoms with Gasteiger partial charge in [0.15, 0.2) is 0 Å². The van der Waals surface area contributed by atoms with Crippen LogP contribution in [-0.4, -0.2) is 45.6 Å². The average molecular weight is 314 g/mol. The van der Waals surface area contributed by atoms with Crippen LogP contribution in [0.15, 0.2) is 30.3 Å². The Balaban J connectivity index is 0. The predicted octanol–water partition coefficient (Wildman–Crippen LogP) is 2.25. The fraction of sp³-hybridized carbons (Fsp3) is 0.500. The molecular weight excluding hydrogens is 288 g/mol. The molecule has 0 bridgehead atoms. The number of hydrogen-bond donors (Lipinski definition) is 4. The second kappa shape index (κ2) is 12.8. The standard InChI is InChI=1S/C7H6O2.C7H14O2.C2H6O2/c8-7(9)6-4-2-1-3-5-6;1-7(2,3)5-4-6(8)9;3-1-2-4/h1-5H,(H,8,9);4-5H2,1-3H3,(H,8,9);3-4H,1-2H2. The fourth-order valence-corrected chi connectivity index (χ4v) is 1.06. The molecule has 4 N–H and O–H groups in total. The first-order chi connectivity index (χ1) is 10.1. The molecule has 0 aromatic heterocycles. The predicted molar refractivity (Wildman–Crippen MR) is 83.9 cm³/mol. The van der Waals surface area contributed by atoms with Crippen LogP contribution in [0.3, 0.4) is 0 Å². The number of aromatic carboxylic acids is 1. The molecule has 0 radical (unpaired) electrons. The molecule has 0 atom stereocenters. The van der Waals surface area contributed by atoms with Gasteiger partial charge in [0.05, 0.1) is 18.8 Å². The third-order valence-electron chi connectivity index (χ3n) is 2.21. The highest BCUT2D eigenvalue weighted by Gasteiger charge is 2.11. The van der Waals surface area contributed by atoms with Gasteiger partial charge in [0.25, 0.3) is 0 Å². The summed E-state index contributed by atoms with van der Waals surface area (Å²) >= 11 is 0. The second-order valence-electron chi connectivity index (χ2n) is 5.57. The van der Waals surface area contributed by atoms with Crippen molar-refractivity contribution < 1.29 is 30.0 Å². The summed E-state index contributed by atoms with van der Waals surface area (Å²) in [4.78, 5) is 20.2. The van der Waals surface area contributed by atoms with Crippen LogP contribution in [0.1, 0.15) is 44.0 Å². The van der Waals surface area contributed by atoms with Crippen LogP contribution in [0, 0.1) is 5.41 Å². The highest BCUT2D eigenvalue weighted by Crippen LogP contribution is 2.19. The molecule has 6 heteroatoms. The Labute approximate surface area is 131 Å². The molecule has 0 aliphatic rings. The minimum Gasteiger partial charge on any atom is -0.481 e. The molecule has 0 amide bonds. The number of benzene rings is 1.